The highest BCUT2D eigenvalue weighted by Crippen LogP contribution is 2.25. The van der Waals surface area contributed by atoms with Gasteiger partial charge in [-0.15, -0.1) is 11.8 Å². The number of benzene rings is 2. The smallest absolute Gasteiger partial charge is 0.248 e. The van der Waals surface area contributed by atoms with Crippen LogP contribution in [0.5, 0.6) is 17.2 Å². The zero-order valence-electron chi connectivity index (χ0n) is 17.1. The Labute approximate surface area is 180 Å². The summed E-state index contributed by atoms with van der Waals surface area (Å²) in [6.45, 7) is 0. The largest absolute Gasteiger partial charge is 0.497 e. The molecule has 3 rings (SSSR count). The van der Waals surface area contributed by atoms with E-state index in [1.807, 2.05) is 0 Å². The lowest BCUT2D eigenvalue weighted by Gasteiger charge is -2.21. The molecule has 158 valence electrons. The number of carbonyl (C=O) groups is 2. The number of carbonyl (C=O) groups excluding carboxylic acids is 2. The molecule has 1 atom stereocenters. The van der Waals surface area contributed by atoms with Gasteiger partial charge in [-0.2, -0.15) is 0 Å². The Bertz CT molecular complexity index is 907. The fourth-order valence-corrected chi connectivity index (χ4v) is 4.13. The Morgan fingerprint density at radius 3 is 2.23 bits per heavy atom. The van der Waals surface area contributed by atoms with E-state index >= 15 is 0 Å². The molecule has 0 bridgehead atoms. The third kappa shape index (κ3) is 5.27. The van der Waals surface area contributed by atoms with Crippen molar-refractivity contribution in [3.05, 3.63) is 54.1 Å². The van der Waals surface area contributed by atoms with Crippen molar-refractivity contribution in [1.82, 2.24) is 4.90 Å². The number of thioether (sulfide) groups is 1. The molecule has 1 unspecified atom stereocenters. The van der Waals surface area contributed by atoms with E-state index in [1.165, 1.54) is 6.08 Å². The zero-order chi connectivity index (χ0) is 21.5. The van der Waals surface area contributed by atoms with Crippen molar-refractivity contribution in [3.63, 3.8) is 0 Å². The SMILES string of the molecule is COc1ccc(NC(=O)C2CSCN2C(=O)/C=C/c2cc(OC)cc(OC)c2)cc1. The third-order valence-electron chi connectivity index (χ3n) is 4.62. The summed E-state index contributed by atoms with van der Waals surface area (Å²) in [5.41, 5.74) is 1.43. The minimum absolute atomic E-state index is 0.213. The van der Waals surface area contributed by atoms with Gasteiger partial charge in [-0.05, 0) is 48.0 Å². The van der Waals surface area contributed by atoms with E-state index in [-0.39, 0.29) is 11.8 Å². The highest BCUT2D eigenvalue weighted by atomic mass is 32.2. The second-order valence-corrected chi connectivity index (χ2v) is 7.52. The summed E-state index contributed by atoms with van der Waals surface area (Å²) >= 11 is 1.55. The Morgan fingerprint density at radius 2 is 1.63 bits per heavy atom. The summed E-state index contributed by atoms with van der Waals surface area (Å²) in [6.07, 6.45) is 3.16. The van der Waals surface area contributed by atoms with Crippen molar-refractivity contribution < 1.29 is 23.8 Å². The standard InChI is InChI=1S/C22H24N2O5S/c1-27-17-7-5-16(6-8-17)23-22(26)20-13-30-14-24(20)21(25)9-4-15-10-18(28-2)12-19(11-15)29-3/h4-12,20H,13-14H2,1-3H3,(H,23,26)/b9-4+. The third-order valence-corrected chi connectivity index (χ3v) is 5.63. The number of methoxy groups -OCH3 is 3. The first kappa shape index (κ1) is 21.6. The number of anilines is 1. The lowest BCUT2D eigenvalue weighted by atomic mass is 10.1. The van der Waals surface area contributed by atoms with E-state index in [1.54, 1.807) is 86.5 Å². The fraction of sp³-hybridized carbons (Fsp3) is 0.273. The van der Waals surface area contributed by atoms with Crippen LogP contribution in [0.2, 0.25) is 0 Å². The average Bonchev–Trinajstić information content (AvgIpc) is 3.28. The first-order valence-electron chi connectivity index (χ1n) is 9.28. The zero-order valence-corrected chi connectivity index (χ0v) is 17.9. The highest BCUT2D eigenvalue weighted by molar-refractivity contribution is 7.99. The number of hydrogen-bond donors (Lipinski definition) is 1. The van der Waals surface area contributed by atoms with Crippen LogP contribution in [-0.4, -0.2) is 55.7 Å². The van der Waals surface area contributed by atoms with E-state index in [0.29, 0.717) is 34.6 Å². The summed E-state index contributed by atoms with van der Waals surface area (Å²) < 4.78 is 15.6. The molecule has 0 spiro atoms. The van der Waals surface area contributed by atoms with E-state index in [0.717, 1.165) is 5.56 Å². The van der Waals surface area contributed by atoms with Gasteiger partial charge in [0.2, 0.25) is 11.8 Å². The van der Waals surface area contributed by atoms with Crippen molar-refractivity contribution in [2.45, 2.75) is 6.04 Å². The van der Waals surface area contributed by atoms with Crippen molar-refractivity contribution in [3.8, 4) is 17.2 Å². The molecule has 0 aromatic heterocycles. The molecule has 1 heterocycles. The summed E-state index contributed by atoms with van der Waals surface area (Å²) in [4.78, 5) is 27.0. The number of ether oxygens (including phenoxy) is 3. The Hall–Kier alpha value is -3.13. The summed E-state index contributed by atoms with van der Waals surface area (Å²) in [6, 6.07) is 11.9. The molecule has 2 aromatic carbocycles. The maximum Gasteiger partial charge on any atom is 0.248 e. The van der Waals surface area contributed by atoms with Gasteiger partial charge in [0.25, 0.3) is 0 Å². The summed E-state index contributed by atoms with van der Waals surface area (Å²) in [5.74, 6) is 2.55. The number of nitrogens with zero attached hydrogens (tertiary/aromatic N) is 1. The van der Waals surface area contributed by atoms with E-state index < -0.39 is 6.04 Å². The van der Waals surface area contributed by atoms with Gasteiger partial charge in [-0.1, -0.05) is 0 Å². The van der Waals surface area contributed by atoms with Gasteiger partial charge in [0, 0.05) is 23.6 Å². The number of rotatable bonds is 7. The van der Waals surface area contributed by atoms with Crippen molar-refractivity contribution >= 4 is 35.3 Å². The summed E-state index contributed by atoms with van der Waals surface area (Å²) in [7, 11) is 4.73. The van der Waals surface area contributed by atoms with Crippen molar-refractivity contribution in [1.29, 1.82) is 0 Å². The minimum atomic E-state index is -0.533. The Morgan fingerprint density at radius 1 is 1.00 bits per heavy atom. The predicted molar refractivity (Wildman–Crippen MR) is 118 cm³/mol. The minimum Gasteiger partial charge on any atom is -0.497 e. The molecule has 30 heavy (non-hydrogen) atoms. The Balaban J connectivity index is 1.67. The molecule has 1 aliphatic heterocycles. The van der Waals surface area contributed by atoms with Gasteiger partial charge in [0.15, 0.2) is 0 Å². The molecule has 0 saturated carbocycles. The van der Waals surface area contributed by atoms with Gasteiger partial charge in [0.1, 0.15) is 23.3 Å². The Kier molecular flexibility index (Phi) is 7.24. The molecule has 1 fully saturated rings. The van der Waals surface area contributed by atoms with E-state index in [4.69, 9.17) is 14.2 Å². The van der Waals surface area contributed by atoms with Crippen LogP contribution in [0.4, 0.5) is 5.69 Å². The molecule has 0 aliphatic carbocycles. The molecule has 2 amide bonds. The fourth-order valence-electron chi connectivity index (χ4n) is 2.97. The molecular formula is C22H24N2O5S. The van der Waals surface area contributed by atoms with Gasteiger partial charge in [-0.3, -0.25) is 9.59 Å². The van der Waals surface area contributed by atoms with Gasteiger partial charge < -0.3 is 24.4 Å². The molecule has 7 nitrogen and oxygen atoms in total. The second-order valence-electron chi connectivity index (χ2n) is 6.52. The van der Waals surface area contributed by atoms with Crippen LogP contribution in [-0.2, 0) is 9.59 Å². The second kappa shape index (κ2) is 10.1. The topological polar surface area (TPSA) is 77.1 Å². The van der Waals surface area contributed by atoms with Gasteiger partial charge in [0.05, 0.1) is 27.2 Å². The first-order valence-corrected chi connectivity index (χ1v) is 10.4. The monoisotopic (exact) mass is 428 g/mol. The number of amides is 2. The molecule has 1 N–H and O–H groups in total. The van der Waals surface area contributed by atoms with Gasteiger partial charge in [-0.25, -0.2) is 0 Å². The van der Waals surface area contributed by atoms with E-state index in [9.17, 15) is 9.59 Å². The molecule has 0 radical (unpaired) electrons. The predicted octanol–water partition coefficient (Wildman–Crippen LogP) is 3.27. The normalized spacial score (nSPS) is 15.8. The summed E-state index contributed by atoms with van der Waals surface area (Å²) in [5, 5.41) is 2.87. The van der Waals surface area contributed by atoms with E-state index in [2.05, 4.69) is 5.32 Å². The lowest BCUT2D eigenvalue weighted by molar-refractivity contribution is -0.132. The van der Waals surface area contributed by atoms with Gasteiger partial charge >= 0.3 is 0 Å². The van der Waals surface area contributed by atoms with Crippen LogP contribution in [0.15, 0.2) is 48.5 Å². The average molecular weight is 429 g/mol. The van der Waals surface area contributed by atoms with Crippen LogP contribution < -0.4 is 19.5 Å². The van der Waals surface area contributed by atoms with Crippen LogP contribution in [0.25, 0.3) is 6.08 Å². The molecule has 1 aliphatic rings. The number of hydrogen-bond acceptors (Lipinski definition) is 6. The first-order chi connectivity index (χ1) is 14.5. The van der Waals surface area contributed by atoms with Crippen LogP contribution in [0, 0.1) is 0 Å². The maximum atomic E-state index is 12.7. The molecule has 1 saturated heterocycles. The quantitative estimate of drug-likeness (QED) is 0.682. The van der Waals surface area contributed by atoms with Crippen LogP contribution >= 0.6 is 11.8 Å². The molecular weight excluding hydrogens is 404 g/mol. The van der Waals surface area contributed by atoms with Crippen molar-refractivity contribution in [2.75, 3.05) is 38.3 Å². The van der Waals surface area contributed by atoms with Crippen LogP contribution in [0.3, 0.4) is 0 Å². The maximum absolute atomic E-state index is 12.7. The highest BCUT2D eigenvalue weighted by Gasteiger charge is 2.33. The lowest BCUT2D eigenvalue weighted by Crippen LogP contribution is -2.43. The molecule has 2 aromatic rings. The number of nitrogens with one attached hydrogen (secondary N) is 1. The van der Waals surface area contributed by atoms with Crippen molar-refractivity contribution in [2.24, 2.45) is 0 Å². The van der Waals surface area contributed by atoms with Crippen LogP contribution in [0.1, 0.15) is 5.56 Å². The molecule has 8 heteroatoms.